The van der Waals surface area contributed by atoms with Gasteiger partial charge in [0.1, 0.15) is 0 Å². The molecule has 19 heavy (non-hydrogen) atoms. The Balaban J connectivity index is 1.79. The van der Waals surface area contributed by atoms with Crippen LogP contribution in [0.4, 0.5) is 16.2 Å². The van der Waals surface area contributed by atoms with E-state index < -0.39 is 0 Å². The fourth-order valence-corrected chi connectivity index (χ4v) is 2.67. The summed E-state index contributed by atoms with van der Waals surface area (Å²) in [6.07, 6.45) is 1.18. The van der Waals surface area contributed by atoms with Crippen LogP contribution in [0.1, 0.15) is 13.3 Å². The Hall–Kier alpha value is -1.36. The van der Waals surface area contributed by atoms with Crippen LogP contribution >= 0.6 is 11.8 Å². The van der Waals surface area contributed by atoms with Gasteiger partial charge in [-0.3, -0.25) is 4.90 Å². The minimum absolute atomic E-state index is 0.00250. The molecule has 5 heteroatoms. The summed E-state index contributed by atoms with van der Waals surface area (Å²) in [5.74, 6) is 2.39. The number of hydrogen-bond donors (Lipinski definition) is 2. The zero-order valence-electron chi connectivity index (χ0n) is 11.3. The lowest BCUT2D eigenvalue weighted by Crippen LogP contribution is -2.27. The normalized spacial score (nSPS) is 14.6. The molecule has 0 bridgehead atoms. The van der Waals surface area contributed by atoms with Crippen molar-refractivity contribution in [3.8, 4) is 0 Å². The molecule has 2 amide bonds. The number of carbonyl (C=O) groups excluding carboxylic acids is 1. The highest BCUT2D eigenvalue weighted by atomic mass is 32.2. The van der Waals surface area contributed by atoms with E-state index in [0.29, 0.717) is 0 Å². The fraction of sp³-hybridized carbons (Fsp3) is 0.500. The van der Waals surface area contributed by atoms with Gasteiger partial charge in [0.15, 0.2) is 0 Å². The third kappa shape index (κ3) is 4.06. The summed E-state index contributed by atoms with van der Waals surface area (Å²) in [5, 5.41) is 6.21. The minimum Gasteiger partial charge on any atom is -0.385 e. The second kappa shape index (κ2) is 7.28. The third-order valence-corrected chi connectivity index (χ3v) is 4.02. The van der Waals surface area contributed by atoms with E-state index in [1.807, 2.05) is 36.0 Å². The van der Waals surface area contributed by atoms with Crippen LogP contribution in [-0.2, 0) is 0 Å². The van der Waals surface area contributed by atoms with Crippen LogP contribution in [-0.4, -0.2) is 37.2 Å². The number of benzene rings is 1. The Labute approximate surface area is 118 Å². The van der Waals surface area contributed by atoms with Crippen molar-refractivity contribution in [2.45, 2.75) is 13.3 Å². The van der Waals surface area contributed by atoms with E-state index in [1.54, 1.807) is 4.90 Å². The van der Waals surface area contributed by atoms with Gasteiger partial charge in [-0.05, 0) is 42.2 Å². The molecule has 0 aromatic heterocycles. The van der Waals surface area contributed by atoms with E-state index in [4.69, 9.17) is 0 Å². The number of carbonyl (C=O) groups is 1. The first-order valence-corrected chi connectivity index (χ1v) is 7.94. The SMILES string of the molecule is CCSCCCNc1ccc(N2CCNC2=O)cc1. The van der Waals surface area contributed by atoms with Gasteiger partial charge in [-0.25, -0.2) is 4.79 Å². The van der Waals surface area contributed by atoms with E-state index in [9.17, 15) is 4.79 Å². The number of amides is 2. The maximum Gasteiger partial charge on any atom is 0.321 e. The van der Waals surface area contributed by atoms with Crippen LogP contribution in [0.25, 0.3) is 0 Å². The van der Waals surface area contributed by atoms with Crippen molar-refractivity contribution in [2.24, 2.45) is 0 Å². The Bertz CT molecular complexity index is 408. The van der Waals surface area contributed by atoms with Gasteiger partial charge in [-0.15, -0.1) is 0 Å². The van der Waals surface area contributed by atoms with Gasteiger partial charge in [-0.2, -0.15) is 11.8 Å². The summed E-state index contributed by atoms with van der Waals surface area (Å²) in [6, 6.07) is 8.06. The second-order valence-corrected chi connectivity index (χ2v) is 5.80. The first kappa shape index (κ1) is 14.1. The Morgan fingerprint density at radius 1 is 1.37 bits per heavy atom. The van der Waals surface area contributed by atoms with E-state index in [-0.39, 0.29) is 6.03 Å². The van der Waals surface area contributed by atoms with Crippen molar-refractivity contribution >= 4 is 29.2 Å². The number of rotatable bonds is 7. The number of thioether (sulfide) groups is 1. The molecule has 0 spiro atoms. The molecule has 0 atom stereocenters. The van der Waals surface area contributed by atoms with Crippen molar-refractivity contribution in [2.75, 3.05) is 41.4 Å². The van der Waals surface area contributed by atoms with E-state index in [0.717, 1.165) is 31.0 Å². The largest absolute Gasteiger partial charge is 0.385 e. The van der Waals surface area contributed by atoms with Gasteiger partial charge >= 0.3 is 6.03 Å². The standard InChI is InChI=1S/C14H21N3OS/c1-2-19-11-3-8-15-12-4-6-13(7-5-12)17-10-9-16-14(17)18/h4-7,15H,2-3,8-11H2,1H3,(H,16,18). The molecule has 1 aromatic carbocycles. The molecular weight excluding hydrogens is 258 g/mol. The second-order valence-electron chi connectivity index (χ2n) is 4.41. The minimum atomic E-state index is -0.00250. The Morgan fingerprint density at radius 2 is 2.16 bits per heavy atom. The first-order chi connectivity index (χ1) is 9.31. The maximum absolute atomic E-state index is 11.5. The number of hydrogen-bond acceptors (Lipinski definition) is 3. The van der Waals surface area contributed by atoms with Crippen molar-refractivity contribution in [1.29, 1.82) is 0 Å². The summed E-state index contributed by atoms with van der Waals surface area (Å²) in [4.78, 5) is 13.3. The van der Waals surface area contributed by atoms with Crippen LogP contribution in [0.3, 0.4) is 0 Å². The van der Waals surface area contributed by atoms with Crippen LogP contribution in [0, 0.1) is 0 Å². The molecule has 0 unspecified atom stereocenters. The van der Waals surface area contributed by atoms with Crippen LogP contribution in [0.2, 0.25) is 0 Å². The molecule has 2 rings (SSSR count). The zero-order chi connectivity index (χ0) is 13.5. The molecule has 1 saturated heterocycles. The average Bonchev–Trinajstić information content (AvgIpc) is 2.86. The van der Waals surface area contributed by atoms with Crippen molar-refractivity contribution in [3.05, 3.63) is 24.3 Å². The van der Waals surface area contributed by atoms with Gasteiger partial charge in [0.2, 0.25) is 0 Å². The topological polar surface area (TPSA) is 44.4 Å². The van der Waals surface area contributed by atoms with Crippen molar-refractivity contribution < 1.29 is 4.79 Å². The summed E-state index contributed by atoms with van der Waals surface area (Å²) in [6.45, 7) is 4.66. The van der Waals surface area contributed by atoms with Crippen LogP contribution < -0.4 is 15.5 Å². The quantitative estimate of drug-likeness (QED) is 0.754. The summed E-state index contributed by atoms with van der Waals surface area (Å²) < 4.78 is 0. The monoisotopic (exact) mass is 279 g/mol. The average molecular weight is 279 g/mol. The smallest absolute Gasteiger partial charge is 0.321 e. The molecular formula is C14H21N3OS. The lowest BCUT2D eigenvalue weighted by molar-refractivity contribution is 0.252. The molecule has 4 nitrogen and oxygen atoms in total. The number of anilines is 2. The van der Waals surface area contributed by atoms with Gasteiger partial charge < -0.3 is 10.6 Å². The highest BCUT2D eigenvalue weighted by Gasteiger charge is 2.20. The zero-order valence-corrected chi connectivity index (χ0v) is 12.1. The number of nitrogens with zero attached hydrogens (tertiary/aromatic N) is 1. The number of urea groups is 1. The molecule has 0 aliphatic carbocycles. The highest BCUT2D eigenvalue weighted by Crippen LogP contribution is 2.19. The third-order valence-electron chi connectivity index (χ3n) is 3.03. The summed E-state index contributed by atoms with van der Waals surface area (Å²) in [5.41, 5.74) is 2.08. The molecule has 1 fully saturated rings. The van der Waals surface area contributed by atoms with Crippen molar-refractivity contribution in [1.82, 2.24) is 5.32 Å². The molecule has 0 radical (unpaired) electrons. The highest BCUT2D eigenvalue weighted by molar-refractivity contribution is 7.99. The van der Waals surface area contributed by atoms with Gasteiger partial charge in [0, 0.05) is 31.0 Å². The maximum atomic E-state index is 11.5. The van der Waals surface area contributed by atoms with Gasteiger partial charge in [0.05, 0.1) is 0 Å². The lowest BCUT2D eigenvalue weighted by Gasteiger charge is -2.15. The molecule has 0 saturated carbocycles. The van der Waals surface area contributed by atoms with E-state index >= 15 is 0 Å². The van der Waals surface area contributed by atoms with E-state index in [2.05, 4.69) is 17.6 Å². The first-order valence-electron chi connectivity index (χ1n) is 6.78. The van der Waals surface area contributed by atoms with Crippen LogP contribution in [0.15, 0.2) is 24.3 Å². The molecule has 104 valence electrons. The summed E-state index contributed by atoms with van der Waals surface area (Å²) >= 11 is 1.97. The molecule has 1 aliphatic heterocycles. The number of nitrogens with one attached hydrogen (secondary N) is 2. The van der Waals surface area contributed by atoms with Gasteiger partial charge in [0.25, 0.3) is 0 Å². The summed E-state index contributed by atoms with van der Waals surface area (Å²) in [7, 11) is 0. The Morgan fingerprint density at radius 3 is 2.79 bits per heavy atom. The molecule has 1 aromatic rings. The Kier molecular flexibility index (Phi) is 5.39. The molecule has 1 heterocycles. The predicted octanol–water partition coefficient (Wildman–Crippen LogP) is 2.77. The van der Waals surface area contributed by atoms with E-state index in [1.165, 1.54) is 17.9 Å². The van der Waals surface area contributed by atoms with Crippen molar-refractivity contribution in [3.63, 3.8) is 0 Å². The molecule has 1 aliphatic rings. The fourth-order valence-electron chi connectivity index (χ4n) is 2.03. The predicted molar refractivity (Wildman–Crippen MR) is 83.3 cm³/mol. The van der Waals surface area contributed by atoms with Gasteiger partial charge in [-0.1, -0.05) is 6.92 Å². The molecule has 2 N–H and O–H groups in total. The van der Waals surface area contributed by atoms with Crippen LogP contribution in [0.5, 0.6) is 0 Å². The lowest BCUT2D eigenvalue weighted by atomic mass is 10.2.